The van der Waals surface area contributed by atoms with E-state index in [-0.39, 0.29) is 5.91 Å². The zero-order valence-electron chi connectivity index (χ0n) is 10.6. The first-order chi connectivity index (χ1) is 9.65. The van der Waals surface area contributed by atoms with Crippen molar-refractivity contribution >= 4 is 33.4 Å². The fourth-order valence-electron chi connectivity index (χ4n) is 1.57. The maximum Gasteiger partial charge on any atom is 0.251 e. The van der Waals surface area contributed by atoms with Crippen molar-refractivity contribution in [1.29, 1.82) is 0 Å². The van der Waals surface area contributed by atoms with Crippen molar-refractivity contribution in [3.8, 4) is 5.75 Å². The molecule has 20 heavy (non-hydrogen) atoms. The Bertz CT molecular complexity index is 569. The van der Waals surface area contributed by atoms with E-state index in [1.54, 1.807) is 24.3 Å². The molecule has 0 fully saturated rings. The van der Waals surface area contributed by atoms with Gasteiger partial charge < -0.3 is 10.1 Å². The Morgan fingerprint density at radius 3 is 2.40 bits per heavy atom. The molecule has 0 unspecified atom stereocenters. The number of amides is 1. The van der Waals surface area contributed by atoms with Crippen LogP contribution in [0.5, 0.6) is 5.75 Å². The van der Waals surface area contributed by atoms with E-state index in [1.165, 1.54) is 0 Å². The van der Waals surface area contributed by atoms with Crippen LogP contribution in [-0.2, 0) is 0 Å². The van der Waals surface area contributed by atoms with Crippen LogP contribution in [0.3, 0.4) is 0 Å². The third-order valence-corrected chi connectivity index (χ3v) is 3.36. The van der Waals surface area contributed by atoms with Crippen molar-refractivity contribution in [2.24, 2.45) is 0 Å². The van der Waals surface area contributed by atoms with E-state index in [9.17, 15) is 4.79 Å². The van der Waals surface area contributed by atoms with Crippen LogP contribution in [0.4, 0.5) is 0 Å². The van der Waals surface area contributed by atoms with Gasteiger partial charge in [-0.2, -0.15) is 0 Å². The Balaban J connectivity index is 1.74. The Kier molecular flexibility index (Phi) is 5.44. The molecule has 2 rings (SSSR count). The highest BCUT2D eigenvalue weighted by Crippen LogP contribution is 2.15. The second kappa shape index (κ2) is 7.31. The summed E-state index contributed by atoms with van der Waals surface area (Å²) < 4.78 is 6.51. The van der Waals surface area contributed by atoms with Gasteiger partial charge in [-0.15, -0.1) is 0 Å². The molecule has 0 saturated carbocycles. The van der Waals surface area contributed by atoms with Gasteiger partial charge in [-0.25, -0.2) is 0 Å². The monoisotopic (exact) mass is 353 g/mol. The summed E-state index contributed by atoms with van der Waals surface area (Å²) in [6, 6.07) is 14.3. The van der Waals surface area contributed by atoms with Gasteiger partial charge in [-0.1, -0.05) is 27.5 Å². The smallest absolute Gasteiger partial charge is 0.251 e. The van der Waals surface area contributed by atoms with Crippen molar-refractivity contribution < 1.29 is 9.53 Å². The molecule has 0 radical (unpaired) electrons. The van der Waals surface area contributed by atoms with Gasteiger partial charge in [0.1, 0.15) is 12.4 Å². The van der Waals surface area contributed by atoms with E-state index < -0.39 is 0 Å². The molecule has 1 amide bonds. The molecule has 0 heterocycles. The molecule has 0 spiro atoms. The van der Waals surface area contributed by atoms with Crippen molar-refractivity contribution in [3.05, 3.63) is 63.6 Å². The van der Waals surface area contributed by atoms with Gasteiger partial charge in [0, 0.05) is 15.1 Å². The number of ether oxygens (including phenoxy) is 1. The number of hydrogen-bond acceptors (Lipinski definition) is 2. The van der Waals surface area contributed by atoms with Gasteiger partial charge in [0.15, 0.2) is 0 Å². The Morgan fingerprint density at radius 1 is 1.10 bits per heavy atom. The second-order valence-electron chi connectivity index (χ2n) is 4.07. The Hall–Kier alpha value is -1.52. The molecule has 3 nitrogen and oxygen atoms in total. The van der Waals surface area contributed by atoms with Crippen molar-refractivity contribution in [2.45, 2.75) is 0 Å². The molecule has 2 aromatic rings. The largest absolute Gasteiger partial charge is 0.492 e. The highest BCUT2D eigenvalue weighted by Gasteiger charge is 2.04. The minimum absolute atomic E-state index is 0.138. The summed E-state index contributed by atoms with van der Waals surface area (Å²) in [4.78, 5) is 11.8. The van der Waals surface area contributed by atoms with Crippen molar-refractivity contribution in [1.82, 2.24) is 5.32 Å². The number of carbonyl (C=O) groups is 1. The fourth-order valence-corrected chi connectivity index (χ4v) is 1.96. The van der Waals surface area contributed by atoms with E-state index in [4.69, 9.17) is 16.3 Å². The normalized spacial score (nSPS) is 10.1. The standard InChI is InChI=1S/C15H13BrClNO2/c16-12-3-7-14(8-4-12)20-10-9-18-15(19)11-1-5-13(17)6-2-11/h1-8H,9-10H2,(H,18,19). The van der Waals surface area contributed by atoms with E-state index in [1.807, 2.05) is 24.3 Å². The van der Waals surface area contributed by atoms with Crippen LogP contribution in [0, 0.1) is 0 Å². The van der Waals surface area contributed by atoms with Crippen LogP contribution >= 0.6 is 27.5 Å². The first-order valence-electron chi connectivity index (χ1n) is 6.07. The lowest BCUT2D eigenvalue weighted by molar-refractivity contribution is 0.0947. The minimum Gasteiger partial charge on any atom is -0.492 e. The topological polar surface area (TPSA) is 38.3 Å². The quantitative estimate of drug-likeness (QED) is 0.827. The summed E-state index contributed by atoms with van der Waals surface area (Å²) in [5.74, 6) is 0.634. The molecule has 0 aliphatic heterocycles. The summed E-state index contributed by atoms with van der Waals surface area (Å²) in [7, 11) is 0. The first-order valence-corrected chi connectivity index (χ1v) is 7.24. The molecule has 0 saturated heterocycles. The number of rotatable bonds is 5. The predicted molar refractivity (Wildman–Crippen MR) is 83.4 cm³/mol. The van der Waals surface area contributed by atoms with Gasteiger partial charge in [0.05, 0.1) is 6.54 Å². The first kappa shape index (κ1) is 14.9. The molecule has 0 atom stereocenters. The lowest BCUT2D eigenvalue weighted by Gasteiger charge is -2.08. The van der Waals surface area contributed by atoms with E-state index in [2.05, 4.69) is 21.2 Å². The van der Waals surface area contributed by atoms with E-state index in [0.29, 0.717) is 23.7 Å². The fraction of sp³-hybridized carbons (Fsp3) is 0.133. The van der Waals surface area contributed by atoms with Crippen LogP contribution in [0.1, 0.15) is 10.4 Å². The third kappa shape index (κ3) is 4.54. The Labute approximate surface area is 131 Å². The molecule has 0 aliphatic carbocycles. The van der Waals surface area contributed by atoms with E-state index in [0.717, 1.165) is 10.2 Å². The summed E-state index contributed by atoms with van der Waals surface area (Å²) >= 11 is 9.12. The van der Waals surface area contributed by atoms with Crippen LogP contribution in [0.2, 0.25) is 5.02 Å². The van der Waals surface area contributed by atoms with Gasteiger partial charge >= 0.3 is 0 Å². The molecule has 0 aliphatic rings. The van der Waals surface area contributed by atoms with Crippen molar-refractivity contribution in [2.75, 3.05) is 13.2 Å². The van der Waals surface area contributed by atoms with Gasteiger partial charge in [0.25, 0.3) is 5.91 Å². The predicted octanol–water partition coefficient (Wildman–Crippen LogP) is 3.91. The lowest BCUT2D eigenvalue weighted by atomic mass is 10.2. The average molecular weight is 355 g/mol. The zero-order chi connectivity index (χ0) is 14.4. The molecule has 104 valence electrons. The summed E-state index contributed by atoms with van der Waals surface area (Å²) in [6.07, 6.45) is 0. The SMILES string of the molecule is O=C(NCCOc1ccc(Br)cc1)c1ccc(Cl)cc1. The molecule has 1 N–H and O–H groups in total. The number of carbonyl (C=O) groups excluding carboxylic acids is 1. The zero-order valence-corrected chi connectivity index (χ0v) is 12.9. The highest BCUT2D eigenvalue weighted by molar-refractivity contribution is 9.10. The maximum absolute atomic E-state index is 11.8. The molecular weight excluding hydrogens is 342 g/mol. The van der Waals surface area contributed by atoms with Crippen LogP contribution in [0.15, 0.2) is 53.0 Å². The van der Waals surface area contributed by atoms with Crippen LogP contribution < -0.4 is 10.1 Å². The number of benzene rings is 2. The average Bonchev–Trinajstić information content (AvgIpc) is 2.46. The highest BCUT2D eigenvalue weighted by atomic mass is 79.9. The number of halogens is 2. The summed E-state index contributed by atoms with van der Waals surface area (Å²) in [6.45, 7) is 0.860. The second-order valence-corrected chi connectivity index (χ2v) is 5.42. The van der Waals surface area contributed by atoms with Crippen molar-refractivity contribution in [3.63, 3.8) is 0 Å². The minimum atomic E-state index is -0.138. The summed E-state index contributed by atoms with van der Waals surface area (Å²) in [5, 5.41) is 3.39. The Morgan fingerprint density at radius 2 is 1.75 bits per heavy atom. The molecular formula is C15H13BrClNO2. The number of hydrogen-bond donors (Lipinski definition) is 1. The summed E-state index contributed by atoms with van der Waals surface area (Å²) in [5.41, 5.74) is 0.582. The third-order valence-electron chi connectivity index (χ3n) is 2.58. The lowest BCUT2D eigenvalue weighted by Crippen LogP contribution is -2.28. The van der Waals surface area contributed by atoms with Gasteiger partial charge in [-0.05, 0) is 48.5 Å². The number of nitrogens with one attached hydrogen (secondary N) is 1. The molecule has 5 heteroatoms. The molecule has 2 aromatic carbocycles. The van der Waals surface area contributed by atoms with Crippen LogP contribution in [0.25, 0.3) is 0 Å². The van der Waals surface area contributed by atoms with Crippen LogP contribution in [-0.4, -0.2) is 19.1 Å². The van der Waals surface area contributed by atoms with Gasteiger partial charge in [-0.3, -0.25) is 4.79 Å². The molecule has 0 aromatic heterocycles. The molecule has 0 bridgehead atoms. The maximum atomic E-state index is 11.8. The van der Waals surface area contributed by atoms with Gasteiger partial charge in [0.2, 0.25) is 0 Å². The van der Waals surface area contributed by atoms with E-state index >= 15 is 0 Å².